The lowest BCUT2D eigenvalue weighted by molar-refractivity contribution is -0.126. The van der Waals surface area contributed by atoms with E-state index in [1.807, 2.05) is 12.1 Å². The van der Waals surface area contributed by atoms with Crippen molar-refractivity contribution in [1.29, 1.82) is 0 Å². The molecule has 1 aliphatic rings. The Morgan fingerprint density at radius 1 is 1.14 bits per heavy atom. The highest BCUT2D eigenvalue weighted by molar-refractivity contribution is 5.95. The van der Waals surface area contributed by atoms with Gasteiger partial charge in [0, 0.05) is 12.2 Å². The number of carbonyl (C=O) groups is 1. The van der Waals surface area contributed by atoms with Crippen LogP contribution in [0.2, 0.25) is 0 Å². The van der Waals surface area contributed by atoms with E-state index in [2.05, 4.69) is 38.2 Å². The van der Waals surface area contributed by atoms with Gasteiger partial charge >= 0.3 is 0 Å². The SMILES string of the molecule is CC(C)(C)c1ccc(NC(=O)C2(CN)CCCCC2)cc1. The van der Waals surface area contributed by atoms with Crippen LogP contribution in [0.1, 0.15) is 58.4 Å². The smallest absolute Gasteiger partial charge is 0.231 e. The second-order valence-corrected chi connectivity index (χ2v) is 7.33. The van der Waals surface area contributed by atoms with Crippen molar-refractivity contribution < 1.29 is 4.79 Å². The molecular formula is C18H28N2O. The normalized spacial score (nSPS) is 18.3. The summed E-state index contributed by atoms with van der Waals surface area (Å²) in [7, 11) is 0. The Bertz CT molecular complexity index is 479. The fourth-order valence-corrected chi connectivity index (χ4v) is 3.07. The van der Waals surface area contributed by atoms with Crippen molar-refractivity contribution in [3.8, 4) is 0 Å². The molecule has 3 nitrogen and oxygen atoms in total. The lowest BCUT2D eigenvalue weighted by Gasteiger charge is -2.34. The summed E-state index contributed by atoms with van der Waals surface area (Å²) >= 11 is 0. The third-order valence-electron chi connectivity index (χ3n) is 4.69. The highest BCUT2D eigenvalue weighted by atomic mass is 16.2. The highest BCUT2D eigenvalue weighted by Crippen LogP contribution is 2.36. The third kappa shape index (κ3) is 3.65. The van der Waals surface area contributed by atoms with E-state index >= 15 is 0 Å². The van der Waals surface area contributed by atoms with Gasteiger partial charge in [-0.25, -0.2) is 0 Å². The number of nitrogens with two attached hydrogens (primary N) is 1. The maximum Gasteiger partial charge on any atom is 0.231 e. The minimum Gasteiger partial charge on any atom is -0.329 e. The van der Waals surface area contributed by atoms with Crippen molar-refractivity contribution in [2.24, 2.45) is 11.1 Å². The van der Waals surface area contributed by atoms with Crippen LogP contribution in [0.15, 0.2) is 24.3 Å². The third-order valence-corrected chi connectivity index (χ3v) is 4.69. The predicted molar refractivity (Wildman–Crippen MR) is 88.3 cm³/mol. The molecule has 0 heterocycles. The molecule has 0 bridgehead atoms. The fraction of sp³-hybridized carbons (Fsp3) is 0.611. The molecule has 1 aliphatic carbocycles. The molecule has 0 radical (unpaired) electrons. The van der Waals surface area contributed by atoms with Gasteiger partial charge in [0.15, 0.2) is 0 Å². The Labute approximate surface area is 128 Å². The Hall–Kier alpha value is -1.35. The number of hydrogen-bond acceptors (Lipinski definition) is 2. The van der Waals surface area contributed by atoms with E-state index in [-0.39, 0.29) is 16.7 Å². The number of nitrogens with one attached hydrogen (secondary N) is 1. The van der Waals surface area contributed by atoms with Crippen molar-refractivity contribution >= 4 is 11.6 Å². The summed E-state index contributed by atoms with van der Waals surface area (Å²) in [5, 5.41) is 3.06. The van der Waals surface area contributed by atoms with Crippen LogP contribution in [-0.2, 0) is 10.2 Å². The molecule has 1 aromatic carbocycles. The second kappa shape index (κ2) is 6.18. The van der Waals surface area contributed by atoms with Gasteiger partial charge in [-0.3, -0.25) is 4.79 Å². The van der Waals surface area contributed by atoms with Gasteiger partial charge in [0.25, 0.3) is 0 Å². The summed E-state index contributed by atoms with van der Waals surface area (Å²) < 4.78 is 0. The number of carbonyl (C=O) groups excluding carboxylic acids is 1. The zero-order valence-electron chi connectivity index (χ0n) is 13.5. The van der Waals surface area contributed by atoms with Crippen molar-refractivity contribution in [3.05, 3.63) is 29.8 Å². The first kappa shape index (κ1) is 16.0. The molecule has 1 fully saturated rings. The summed E-state index contributed by atoms with van der Waals surface area (Å²) in [6, 6.07) is 8.16. The zero-order valence-corrected chi connectivity index (χ0v) is 13.5. The molecule has 0 aromatic heterocycles. The Balaban J connectivity index is 2.08. The van der Waals surface area contributed by atoms with E-state index in [4.69, 9.17) is 5.73 Å². The van der Waals surface area contributed by atoms with Gasteiger partial charge in [0.2, 0.25) is 5.91 Å². The zero-order chi connectivity index (χ0) is 15.5. The summed E-state index contributed by atoms with van der Waals surface area (Å²) in [4.78, 5) is 12.6. The Morgan fingerprint density at radius 2 is 1.71 bits per heavy atom. The average Bonchev–Trinajstić information content (AvgIpc) is 2.47. The largest absolute Gasteiger partial charge is 0.329 e. The fourth-order valence-electron chi connectivity index (χ4n) is 3.07. The summed E-state index contributed by atoms with van der Waals surface area (Å²) in [5.41, 5.74) is 7.82. The number of hydrogen-bond donors (Lipinski definition) is 2. The monoisotopic (exact) mass is 288 g/mol. The molecule has 0 spiro atoms. The number of anilines is 1. The van der Waals surface area contributed by atoms with Crippen LogP contribution in [0.25, 0.3) is 0 Å². The minimum atomic E-state index is -0.360. The van der Waals surface area contributed by atoms with Gasteiger partial charge in [-0.1, -0.05) is 52.2 Å². The molecule has 0 aliphatic heterocycles. The van der Waals surface area contributed by atoms with Gasteiger partial charge < -0.3 is 11.1 Å². The predicted octanol–water partition coefficient (Wildman–Crippen LogP) is 3.83. The lowest BCUT2D eigenvalue weighted by atomic mass is 9.73. The van der Waals surface area contributed by atoms with Crippen LogP contribution in [-0.4, -0.2) is 12.5 Å². The molecule has 3 heteroatoms. The average molecular weight is 288 g/mol. The van der Waals surface area contributed by atoms with Crippen molar-refractivity contribution in [1.82, 2.24) is 0 Å². The second-order valence-electron chi connectivity index (χ2n) is 7.33. The minimum absolute atomic E-state index is 0.0909. The quantitative estimate of drug-likeness (QED) is 0.888. The topological polar surface area (TPSA) is 55.1 Å². The van der Waals surface area contributed by atoms with E-state index in [1.54, 1.807) is 0 Å². The Kier molecular flexibility index (Phi) is 4.72. The molecule has 116 valence electrons. The van der Waals surface area contributed by atoms with E-state index in [0.29, 0.717) is 6.54 Å². The lowest BCUT2D eigenvalue weighted by Crippen LogP contribution is -2.43. The van der Waals surface area contributed by atoms with E-state index in [1.165, 1.54) is 12.0 Å². The van der Waals surface area contributed by atoms with E-state index < -0.39 is 0 Å². The first-order valence-corrected chi connectivity index (χ1v) is 7.99. The molecule has 21 heavy (non-hydrogen) atoms. The molecule has 3 N–H and O–H groups in total. The first-order valence-electron chi connectivity index (χ1n) is 7.99. The van der Waals surface area contributed by atoms with Gasteiger partial charge in [-0.2, -0.15) is 0 Å². The molecule has 2 rings (SSSR count). The summed E-state index contributed by atoms with van der Waals surface area (Å²) in [5.74, 6) is 0.0909. The van der Waals surface area contributed by atoms with Crippen molar-refractivity contribution in [2.45, 2.75) is 58.3 Å². The number of benzene rings is 1. The number of amides is 1. The molecule has 1 saturated carbocycles. The van der Waals surface area contributed by atoms with Crippen molar-refractivity contribution in [3.63, 3.8) is 0 Å². The summed E-state index contributed by atoms with van der Waals surface area (Å²) in [6.07, 6.45) is 5.25. The van der Waals surface area contributed by atoms with Gasteiger partial charge in [0.1, 0.15) is 0 Å². The van der Waals surface area contributed by atoms with Crippen LogP contribution >= 0.6 is 0 Å². The van der Waals surface area contributed by atoms with Crippen molar-refractivity contribution in [2.75, 3.05) is 11.9 Å². The van der Waals surface area contributed by atoms with Crippen LogP contribution in [0.5, 0.6) is 0 Å². The molecule has 0 unspecified atom stereocenters. The van der Waals surface area contributed by atoms with Crippen LogP contribution < -0.4 is 11.1 Å². The Morgan fingerprint density at radius 3 is 2.19 bits per heavy atom. The first-order chi connectivity index (χ1) is 9.87. The molecular weight excluding hydrogens is 260 g/mol. The summed E-state index contributed by atoms with van der Waals surface area (Å²) in [6.45, 7) is 7.00. The maximum absolute atomic E-state index is 12.6. The highest BCUT2D eigenvalue weighted by Gasteiger charge is 2.38. The molecule has 0 atom stereocenters. The number of rotatable bonds is 3. The molecule has 1 amide bonds. The van der Waals surface area contributed by atoms with Crippen LogP contribution in [0, 0.1) is 5.41 Å². The standard InChI is InChI=1S/C18H28N2O/c1-17(2,3)14-7-9-15(10-8-14)20-16(21)18(13-19)11-5-4-6-12-18/h7-10H,4-6,11-13,19H2,1-3H3,(H,20,21). The van der Waals surface area contributed by atoms with E-state index in [0.717, 1.165) is 31.4 Å². The molecule has 0 saturated heterocycles. The van der Waals surface area contributed by atoms with Crippen LogP contribution in [0.3, 0.4) is 0 Å². The molecule has 1 aromatic rings. The maximum atomic E-state index is 12.6. The van der Waals surface area contributed by atoms with Crippen LogP contribution in [0.4, 0.5) is 5.69 Å². The van der Waals surface area contributed by atoms with Gasteiger partial charge in [0.05, 0.1) is 5.41 Å². The van der Waals surface area contributed by atoms with E-state index in [9.17, 15) is 4.79 Å². The van der Waals surface area contributed by atoms with Gasteiger partial charge in [-0.15, -0.1) is 0 Å². The van der Waals surface area contributed by atoms with Gasteiger partial charge in [-0.05, 0) is 36.0 Å².